The summed E-state index contributed by atoms with van der Waals surface area (Å²) in [5.41, 5.74) is 4.80. The van der Waals surface area contributed by atoms with E-state index in [0.29, 0.717) is 30.9 Å². The Morgan fingerprint density at radius 2 is 1.89 bits per heavy atom. The number of anilines is 2. The smallest absolute Gasteiger partial charge is 0.257 e. The van der Waals surface area contributed by atoms with E-state index in [9.17, 15) is 13.6 Å². The molecule has 7 nitrogen and oxygen atoms in total. The first-order valence-electron chi connectivity index (χ1n) is 11.9. The summed E-state index contributed by atoms with van der Waals surface area (Å²) in [6.07, 6.45) is 6.68. The van der Waals surface area contributed by atoms with Gasteiger partial charge in [-0.1, -0.05) is 6.07 Å². The van der Waals surface area contributed by atoms with Crippen LogP contribution in [-0.2, 0) is 6.54 Å². The standard InChI is InChI=1S/C27H28F2N6O/c1-34(2)25-6-4-21(15-32-25)33-26(36)23-16-31-24-5-3-19(12-22(23)24)20-11-18(13-30-14-20)17-35-9-7-27(28,29)8-10-35/h3-6,11-16,31H,7-10,17H2,1-2H3,(H,33,36). The van der Waals surface area contributed by atoms with Gasteiger partial charge in [0.2, 0.25) is 0 Å². The van der Waals surface area contributed by atoms with Crippen LogP contribution in [0.1, 0.15) is 28.8 Å². The number of halogens is 2. The lowest BCUT2D eigenvalue weighted by Gasteiger charge is -2.31. The van der Waals surface area contributed by atoms with E-state index in [0.717, 1.165) is 33.4 Å². The van der Waals surface area contributed by atoms with Crippen LogP contribution in [0.3, 0.4) is 0 Å². The average molecular weight is 491 g/mol. The van der Waals surface area contributed by atoms with Crippen LogP contribution in [0.2, 0.25) is 0 Å². The van der Waals surface area contributed by atoms with Gasteiger partial charge in [-0.25, -0.2) is 13.8 Å². The average Bonchev–Trinajstić information content (AvgIpc) is 3.29. The highest BCUT2D eigenvalue weighted by atomic mass is 19.3. The highest BCUT2D eigenvalue weighted by Gasteiger charge is 2.33. The molecule has 1 aliphatic rings. The molecular weight excluding hydrogens is 462 g/mol. The molecule has 0 radical (unpaired) electrons. The van der Waals surface area contributed by atoms with Crippen molar-refractivity contribution in [3.8, 4) is 11.1 Å². The highest BCUT2D eigenvalue weighted by molar-refractivity contribution is 6.13. The number of alkyl halides is 2. The minimum atomic E-state index is -2.56. The van der Waals surface area contributed by atoms with Crippen molar-refractivity contribution in [3.05, 3.63) is 72.3 Å². The molecule has 4 heterocycles. The largest absolute Gasteiger partial charge is 0.363 e. The number of carbonyl (C=O) groups excluding carboxylic acids is 1. The van der Waals surface area contributed by atoms with Crippen molar-refractivity contribution < 1.29 is 13.6 Å². The predicted molar refractivity (Wildman–Crippen MR) is 138 cm³/mol. The summed E-state index contributed by atoms with van der Waals surface area (Å²) in [6, 6.07) is 11.6. The molecule has 1 amide bonds. The fourth-order valence-electron chi connectivity index (χ4n) is 4.44. The topological polar surface area (TPSA) is 77.2 Å². The first-order chi connectivity index (χ1) is 17.3. The fourth-order valence-corrected chi connectivity index (χ4v) is 4.44. The SMILES string of the molecule is CN(C)c1ccc(NC(=O)c2c[nH]c3ccc(-c4cncc(CN5CCC(F)(F)CC5)c4)cc23)cn1. The number of fused-ring (bicyclic) bond motifs is 1. The van der Waals surface area contributed by atoms with Crippen molar-refractivity contribution >= 4 is 28.3 Å². The summed E-state index contributed by atoms with van der Waals surface area (Å²) >= 11 is 0. The maximum absolute atomic E-state index is 13.5. The van der Waals surface area contributed by atoms with Crippen molar-refractivity contribution in [1.82, 2.24) is 19.9 Å². The highest BCUT2D eigenvalue weighted by Crippen LogP contribution is 2.30. The molecule has 2 N–H and O–H groups in total. The van der Waals surface area contributed by atoms with Crippen LogP contribution in [0.25, 0.3) is 22.0 Å². The Hall–Kier alpha value is -3.85. The summed E-state index contributed by atoms with van der Waals surface area (Å²) in [5.74, 6) is -1.98. The Kier molecular flexibility index (Phi) is 6.40. The van der Waals surface area contributed by atoms with E-state index in [1.807, 2.05) is 60.3 Å². The van der Waals surface area contributed by atoms with E-state index in [1.54, 1.807) is 24.8 Å². The van der Waals surface area contributed by atoms with Crippen molar-refractivity contribution in [2.24, 2.45) is 0 Å². The van der Waals surface area contributed by atoms with Crippen LogP contribution in [0.4, 0.5) is 20.3 Å². The lowest BCUT2D eigenvalue weighted by atomic mass is 10.0. The van der Waals surface area contributed by atoms with Gasteiger partial charge in [0, 0.05) is 81.6 Å². The normalized spacial score (nSPS) is 15.7. The number of pyridine rings is 2. The zero-order valence-corrected chi connectivity index (χ0v) is 20.3. The molecule has 3 aromatic heterocycles. The van der Waals surface area contributed by atoms with E-state index in [2.05, 4.69) is 20.3 Å². The fraction of sp³-hybridized carbons (Fsp3) is 0.296. The molecule has 0 unspecified atom stereocenters. The maximum atomic E-state index is 13.5. The van der Waals surface area contributed by atoms with Crippen molar-refractivity contribution in [3.63, 3.8) is 0 Å². The van der Waals surface area contributed by atoms with Gasteiger partial charge in [0.1, 0.15) is 5.82 Å². The predicted octanol–water partition coefficient (Wildman–Crippen LogP) is 5.17. The Morgan fingerprint density at radius 3 is 2.61 bits per heavy atom. The molecule has 0 atom stereocenters. The molecule has 1 fully saturated rings. The molecular formula is C27H28F2N6O. The second-order valence-corrected chi connectivity index (χ2v) is 9.43. The first-order valence-corrected chi connectivity index (χ1v) is 11.9. The van der Waals surface area contributed by atoms with E-state index >= 15 is 0 Å². The second-order valence-electron chi connectivity index (χ2n) is 9.43. The molecule has 9 heteroatoms. The molecule has 1 saturated heterocycles. The number of piperidine rings is 1. The first kappa shape index (κ1) is 23.9. The van der Waals surface area contributed by atoms with E-state index in [4.69, 9.17) is 0 Å². The van der Waals surface area contributed by atoms with E-state index in [-0.39, 0.29) is 18.7 Å². The zero-order chi connectivity index (χ0) is 25.3. The zero-order valence-electron chi connectivity index (χ0n) is 20.3. The minimum absolute atomic E-state index is 0.106. The van der Waals surface area contributed by atoms with E-state index < -0.39 is 5.92 Å². The van der Waals surface area contributed by atoms with Crippen LogP contribution in [-0.4, -0.2) is 58.9 Å². The number of likely N-dealkylation sites (tertiary alicyclic amines) is 1. The molecule has 0 saturated carbocycles. The molecule has 36 heavy (non-hydrogen) atoms. The number of rotatable bonds is 6. The van der Waals surface area contributed by atoms with Crippen LogP contribution < -0.4 is 10.2 Å². The number of nitrogens with one attached hydrogen (secondary N) is 2. The minimum Gasteiger partial charge on any atom is -0.363 e. The number of hydrogen-bond acceptors (Lipinski definition) is 5. The monoisotopic (exact) mass is 490 g/mol. The second kappa shape index (κ2) is 9.66. The third-order valence-corrected chi connectivity index (χ3v) is 6.51. The number of hydrogen-bond donors (Lipinski definition) is 2. The Labute approximate surface area is 208 Å². The van der Waals surface area contributed by atoms with Crippen LogP contribution >= 0.6 is 0 Å². The van der Waals surface area contributed by atoms with Crippen LogP contribution in [0.5, 0.6) is 0 Å². The van der Waals surface area contributed by atoms with Gasteiger partial charge >= 0.3 is 0 Å². The lowest BCUT2D eigenvalue weighted by Crippen LogP contribution is -2.38. The molecule has 0 spiro atoms. The third-order valence-electron chi connectivity index (χ3n) is 6.51. The molecule has 5 rings (SSSR count). The molecule has 186 valence electrons. The van der Waals surface area contributed by atoms with Gasteiger partial charge < -0.3 is 15.2 Å². The number of carbonyl (C=O) groups is 1. The summed E-state index contributed by atoms with van der Waals surface area (Å²) < 4.78 is 27.0. The van der Waals surface area contributed by atoms with Gasteiger partial charge in [-0.15, -0.1) is 0 Å². The number of aromatic amines is 1. The van der Waals surface area contributed by atoms with Gasteiger partial charge in [-0.05, 0) is 41.5 Å². The lowest BCUT2D eigenvalue weighted by molar-refractivity contribution is -0.0566. The van der Waals surface area contributed by atoms with Gasteiger partial charge in [0.25, 0.3) is 11.8 Å². The summed E-state index contributed by atoms with van der Waals surface area (Å²) in [7, 11) is 3.81. The maximum Gasteiger partial charge on any atom is 0.257 e. The molecule has 1 aliphatic heterocycles. The Bertz CT molecular complexity index is 1370. The van der Waals surface area contributed by atoms with Crippen molar-refractivity contribution in [2.45, 2.75) is 25.3 Å². The Morgan fingerprint density at radius 1 is 1.08 bits per heavy atom. The summed E-state index contributed by atoms with van der Waals surface area (Å²) in [4.78, 5) is 28.9. The quantitative estimate of drug-likeness (QED) is 0.390. The molecule has 0 bridgehead atoms. The van der Waals surface area contributed by atoms with Gasteiger partial charge in [0.15, 0.2) is 0 Å². The van der Waals surface area contributed by atoms with E-state index in [1.165, 1.54) is 0 Å². The molecule has 4 aromatic rings. The van der Waals surface area contributed by atoms with Gasteiger partial charge in [0.05, 0.1) is 17.4 Å². The van der Waals surface area contributed by atoms with Gasteiger partial charge in [-0.3, -0.25) is 14.7 Å². The molecule has 1 aromatic carbocycles. The number of amides is 1. The van der Waals surface area contributed by atoms with Gasteiger partial charge in [-0.2, -0.15) is 0 Å². The number of benzene rings is 1. The summed E-state index contributed by atoms with van der Waals surface area (Å²) in [6.45, 7) is 1.33. The van der Waals surface area contributed by atoms with Crippen molar-refractivity contribution in [1.29, 1.82) is 0 Å². The molecule has 0 aliphatic carbocycles. The number of H-pyrrole nitrogens is 1. The number of aromatic nitrogens is 3. The number of nitrogens with zero attached hydrogens (tertiary/aromatic N) is 4. The van der Waals surface area contributed by atoms with Crippen LogP contribution in [0, 0.1) is 0 Å². The van der Waals surface area contributed by atoms with Crippen molar-refractivity contribution in [2.75, 3.05) is 37.4 Å². The van der Waals surface area contributed by atoms with Crippen LogP contribution in [0.15, 0.2) is 61.2 Å². The summed E-state index contributed by atoms with van der Waals surface area (Å²) in [5, 5.41) is 3.71. The third kappa shape index (κ3) is 5.21. The Balaban J connectivity index is 1.34.